The molecule has 1 aromatic carbocycles. The van der Waals surface area contributed by atoms with Gasteiger partial charge in [0.1, 0.15) is 5.82 Å². The number of benzene rings is 1. The van der Waals surface area contributed by atoms with Gasteiger partial charge in [0, 0.05) is 23.1 Å². The number of halogens is 2. The molecule has 2 rings (SSSR count). The average molecular weight is 237 g/mol. The Kier molecular flexibility index (Phi) is 3.08. The molecule has 0 radical (unpaired) electrons. The third-order valence-electron chi connectivity index (χ3n) is 2.54. The Hall–Kier alpha value is -1.91. The molecule has 90 valence electrons. The van der Waals surface area contributed by atoms with Crippen LogP contribution in [-0.2, 0) is 6.54 Å². The van der Waals surface area contributed by atoms with Crippen LogP contribution in [0.25, 0.3) is 0 Å². The number of aryl methyl sites for hydroxylation is 1. The van der Waals surface area contributed by atoms with Crippen LogP contribution in [0.1, 0.15) is 17.1 Å². The third kappa shape index (κ3) is 2.43. The first-order chi connectivity index (χ1) is 8.08. The minimum Gasteiger partial charge on any atom is -0.378 e. The Morgan fingerprint density at radius 3 is 2.71 bits per heavy atom. The smallest absolute Gasteiger partial charge is 0.163 e. The molecule has 2 N–H and O–H groups in total. The lowest BCUT2D eigenvalue weighted by molar-refractivity contribution is 0.503. The Morgan fingerprint density at radius 2 is 2.06 bits per heavy atom. The summed E-state index contributed by atoms with van der Waals surface area (Å²) in [5, 5.41) is 3.01. The SMILES string of the molecule is Cc1cnc(CNc2ccc(F)c(F)c2C)[nH]1. The monoisotopic (exact) mass is 237 g/mol. The van der Waals surface area contributed by atoms with Gasteiger partial charge in [-0.1, -0.05) is 0 Å². The molecule has 5 heteroatoms. The van der Waals surface area contributed by atoms with Crippen LogP contribution in [0, 0.1) is 25.5 Å². The summed E-state index contributed by atoms with van der Waals surface area (Å²) in [5.74, 6) is -0.890. The fourth-order valence-electron chi connectivity index (χ4n) is 1.58. The third-order valence-corrected chi connectivity index (χ3v) is 2.54. The molecule has 0 aliphatic carbocycles. The van der Waals surface area contributed by atoms with Crippen LogP contribution in [0.2, 0.25) is 0 Å². The van der Waals surface area contributed by atoms with Crippen LogP contribution in [0.4, 0.5) is 14.5 Å². The van der Waals surface area contributed by atoms with Crippen molar-refractivity contribution in [1.29, 1.82) is 0 Å². The van der Waals surface area contributed by atoms with E-state index in [-0.39, 0.29) is 5.56 Å². The number of nitrogens with zero attached hydrogens (tertiary/aromatic N) is 1. The maximum Gasteiger partial charge on any atom is 0.163 e. The van der Waals surface area contributed by atoms with E-state index in [0.717, 1.165) is 17.6 Å². The highest BCUT2D eigenvalue weighted by Crippen LogP contribution is 2.20. The summed E-state index contributed by atoms with van der Waals surface area (Å²) in [5.41, 5.74) is 1.80. The molecule has 0 fully saturated rings. The highest BCUT2D eigenvalue weighted by molar-refractivity contribution is 5.51. The van der Waals surface area contributed by atoms with Gasteiger partial charge in [0.05, 0.1) is 6.54 Å². The number of H-pyrrole nitrogens is 1. The second kappa shape index (κ2) is 4.53. The summed E-state index contributed by atoms with van der Waals surface area (Å²) >= 11 is 0. The first-order valence-corrected chi connectivity index (χ1v) is 5.27. The number of hydrogen-bond acceptors (Lipinski definition) is 2. The molecule has 0 saturated carbocycles. The van der Waals surface area contributed by atoms with Crippen molar-refractivity contribution in [3.05, 3.63) is 47.0 Å². The summed E-state index contributed by atoms with van der Waals surface area (Å²) in [7, 11) is 0. The summed E-state index contributed by atoms with van der Waals surface area (Å²) in [6, 6.07) is 2.63. The topological polar surface area (TPSA) is 40.7 Å². The highest BCUT2D eigenvalue weighted by Gasteiger charge is 2.09. The van der Waals surface area contributed by atoms with Gasteiger partial charge in [0.2, 0.25) is 0 Å². The average Bonchev–Trinajstić information content (AvgIpc) is 2.71. The zero-order chi connectivity index (χ0) is 12.4. The Balaban J connectivity index is 2.12. The van der Waals surface area contributed by atoms with E-state index in [4.69, 9.17) is 0 Å². The second-order valence-electron chi connectivity index (χ2n) is 3.90. The molecule has 0 saturated heterocycles. The van der Waals surface area contributed by atoms with E-state index in [9.17, 15) is 8.78 Å². The van der Waals surface area contributed by atoms with Crippen molar-refractivity contribution in [1.82, 2.24) is 9.97 Å². The van der Waals surface area contributed by atoms with Crippen molar-refractivity contribution in [3.63, 3.8) is 0 Å². The fraction of sp³-hybridized carbons (Fsp3) is 0.250. The van der Waals surface area contributed by atoms with Crippen molar-refractivity contribution in [2.45, 2.75) is 20.4 Å². The molecule has 2 aromatic rings. The lowest BCUT2D eigenvalue weighted by Gasteiger charge is -2.09. The highest BCUT2D eigenvalue weighted by atomic mass is 19.2. The molecule has 0 unspecified atom stereocenters. The Morgan fingerprint density at radius 1 is 1.29 bits per heavy atom. The van der Waals surface area contributed by atoms with E-state index in [0.29, 0.717) is 12.2 Å². The lowest BCUT2D eigenvalue weighted by atomic mass is 10.2. The maximum atomic E-state index is 13.3. The molecule has 0 atom stereocenters. The lowest BCUT2D eigenvalue weighted by Crippen LogP contribution is -2.04. The second-order valence-corrected chi connectivity index (χ2v) is 3.90. The summed E-state index contributed by atoms with van der Waals surface area (Å²) < 4.78 is 26.2. The first kappa shape index (κ1) is 11.6. The zero-order valence-electron chi connectivity index (χ0n) is 9.64. The predicted molar refractivity (Wildman–Crippen MR) is 61.7 cm³/mol. The summed E-state index contributed by atoms with van der Waals surface area (Å²) in [4.78, 5) is 7.16. The van der Waals surface area contributed by atoms with E-state index in [1.54, 1.807) is 6.20 Å². The number of nitrogens with one attached hydrogen (secondary N) is 2. The number of rotatable bonds is 3. The van der Waals surface area contributed by atoms with E-state index in [1.807, 2.05) is 6.92 Å². The minimum atomic E-state index is -0.832. The van der Waals surface area contributed by atoms with Crippen LogP contribution >= 0.6 is 0 Å². The van der Waals surface area contributed by atoms with Crippen molar-refractivity contribution < 1.29 is 8.78 Å². The standard InChI is InChI=1S/C12H13F2N3/c1-7-5-16-11(17-7)6-15-10-4-3-9(13)12(14)8(10)2/h3-5,15H,6H2,1-2H3,(H,16,17). The van der Waals surface area contributed by atoms with Crippen LogP contribution in [-0.4, -0.2) is 9.97 Å². The number of anilines is 1. The van der Waals surface area contributed by atoms with Crippen molar-refractivity contribution >= 4 is 5.69 Å². The van der Waals surface area contributed by atoms with E-state index < -0.39 is 11.6 Å². The number of hydrogen-bond donors (Lipinski definition) is 2. The Bertz CT molecular complexity index is 535. The summed E-state index contributed by atoms with van der Waals surface area (Å²) in [6.45, 7) is 3.88. The molecule has 0 aliphatic heterocycles. The molecular weight excluding hydrogens is 224 g/mol. The Labute approximate surface area is 97.9 Å². The quantitative estimate of drug-likeness (QED) is 0.861. The fourth-order valence-corrected chi connectivity index (χ4v) is 1.58. The molecule has 3 nitrogen and oxygen atoms in total. The molecule has 0 amide bonds. The molecule has 1 aromatic heterocycles. The van der Waals surface area contributed by atoms with Gasteiger partial charge in [0.15, 0.2) is 11.6 Å². The van der Waals surface area contributed by atoms with Gasteiger partial charge in [-0.25, -0.2) is 13.8 Å². The van der Waals surface area contributed by atoms with Gasteiger partial charge < -0.3 is 10.3 Å². The minimum absolute atomic E-state index is 0.272. The number of aromatic nitrogens is 2. The number of imidazole rings is 1. The van der Waals surface area contributed by atoms with E-state index in [1.165, 1.54) is 13.0 Å². The van der Waals surface area contributed by atoms with Gasteiger partial charge in [-0.2, -0.15) is 0 Å². The molecule has 0 bridgehead atoms. The molecule has 17 heavy (non-hydrogen) atoms. The zero-order valence-corrected chi connectivity index (χ0v) is 9.64. The van der Waals surface area contributed by atoms with Gasteiger partial charge in [0.25, 0.3) is 0 Å². The number of aromatic amines is 1. The maximum absolute atomic E-state index is 13.3. The van der Waals surface area contributed by atoms with Gasteiger partial charge in [-0.15, -0.1) is 0 Å². The summed E-state index contributed by atoms with van der Waals surface area (Å²) in [6.07, 6.45) is 1.72. The van der Waals surface area contributed by atoms with Gasteiger partial charge >= 0.3 is 0 Å². The molecule has 1 heterocycles. The van der Waals surface area contributed by atoms with Crippen molar-refractivity contribution in [2.75, 3.05) is 5.32 Å². The van der Waals surface area contributed by atoms with Crippen LogP contribution in [0.5, 0.6) is 0 Å². The molecule has 0 aliphatic rings. The molecule has 0 spiro atoms. The van der Waals surface area contributed by atoms with Gasteiger partial charge in [-0.05, 0) is 26.0 Å². The van der Waals surface area contributed by atoms with E-state index in [2.05, 4.69) is 15.3 Å². The predicted octanol–water partition coefficient (Wildman–Crippen LogP) is 2.92. The van der Waals surface area contributed by atoms with Crippen LogP contribution in [0.15, 0.2) is 18.3 Å². The van der Waals surface area contributed by atoms with Gasteiger partial charge in [-0.3, -0.25) is 0 Å². The van der Waals surface area contributed by atoms with E-state index >= 15 is 0 Å². The van der Waals surface area contributed by atoms with Crippen LogP contribution in [0.3, 0.4) is 0 Å². The van der Waals surface area contributed by atoms with Crippen molar-refractivity contribution in [2.24, 2.45) is 0 Å². The largest absolute Gasteiger partial charge is 0.378 e. The molecular formula is C12H13F2N3. The first-order valence-electron chi connectivity index (χ1n) is 5.27. The normalized spacial score (nSPS) is 10.6. The van der Waals surface area contributed by atoms with Crippen LogP contribution < -0.4 is 5.32 Å². The van der Waals surface area contributed by atoms with Crippen molar-refractivity contribution in [3.8, 4) is 0 Å².